The zero-order valence-electron chi connectivity index (χ0n) is 11.2. The average molecular weight is 281 g/mol. The summed E-state index contributed by atoms with van der Waals surface area (Å²) in [6.07, 6.45) is 0.185. The number of rotatable bonds is 4. The Bertz CT molecular complexity index is 590. The van der Waals surface area contributed by atoms with E-state index in [4.69, 9.17) is 16.1 Å². The average Bonchev–Trinajstić information content (AvgIpc) is 2.72. The SMILES string of the molecule is CC(Cl)C(C)(C)NC(=O)Cc1noc2ccccc12. The van der Waals surface area contributed by atoms with Crippen molar-refractivity contribution in [3.8, 4) is 0 Å². The maximum absolute atomic E-state index is 12.0. The molecule has 1 atom stereocenters. The standard InChI is InChI=1S/C14H17ClN2O2/c1-9(15)14(2,3)16-13(18)8-11-10-6-4-5-7-12(10)19-17-11/h4-7,9H,8H2,1-3H3,(H,16,18). The molecule has 0 fully saturated rings. The highest BCUT2D eigenvalue weighted by Crippen LogP contribution is 2.19. The minimum Gasteiger partial charge on any atom is -0.356 e. The topological polar surface area (TPSA) is 55.1 Å². The van der Waals surface area contributed by atoms with Gasteiger partial charge >= 0.3 is 0 Å². The van der Waals surface area contributed by atoms with Crippen LogP contribution in [0.2, 0.25) is 0 Å². The molecule has 1 N–H and O–H groups in total. The van der Waals surface area contributed by atoms with Crippen LogP contribution in [0.25, 0.3) is 11.0 Å². The van der Waals surface area contributed by atoms with E-state index in [9.17, 15) is 4.79 Å². The van der Waals surface area contributed by atoms with Crippen LogP contribution in [-0.2, 0) is 11.2 Å². The second-order valence-electron chi connectivity index (χ2n) is 5.19. The number of alkyl halides is 1. The monoisotopic (exact) mass is 280 g/mol. The lowest BCUT2D eigenvalue weighted by atomic mass is 10.0. The van der Waals surface area contributed by atoms with E-state index >= 15 is 0 Å². The number of halogens is 1. The Balaban J connectivity index is 2.11. The molecule has 0 bridgehead atoms. The molecule has 0 spiro atoms. The van der Waals surface area contributed by atoms with Gasteiger partial charge in [-0.15, -0.1) is 11.6 Å². The summed E-state index contributed by atoms with van der Waals surface area (Å²) in [5.74, 6) is -0.114. The van der Waals surface area contributed by atoms with Crippen molar-refractivity contribution in [2.75, 3.05) is 0 Å². The van der Waals surface area contributed by atoms with E-state index in [0.29, 0.717) is 11.3 Å². The smallest absolute Gasteiger partial charge is 0.226 e. The number of hydrogen-bond donors (Lipinski definition) is 1. The molecule has 19 heavy (non-hydrogen) atoms. The predicted octanol–water partition coefficient (Wildman–Crippen LogP) is 2.89. The zero-order valence-corrected chi connectivity index (χ0v) is 12.0. The molecule has 1 unspecified atom stereocenters. The third-order valence-corrected chi connectivity index (χ3v) is 3.78. The molecule has 1 amide bonds. The van der Waals surface area contributed by atoms with Crippen LogP contribution in [0.5, 0.6) is 0 Å². The third-order valence-electron chi connectivity index (χ3n) is 3.24. The Hall–Kier alpha value is -1.55. The molecule has 1 aromatic carbocycles. The number of fused-ring (bicyclic) bond motifs is 1. The summed E-state index contributed by atoms with van der Waals surface area (Å²) in [5.41, 5.74) is 0.874. The van der Waals surface area contributed by atoms with E-state index in [1.165, 1.54) is 0 Å². The van der Waals surface area contributed by atoms with Crippen molar-refractivity contribution in [2.24, 2.45) is 0 Å². The van der Waals surface area contributed by atoms with Crippen molar-refractivity contribution in [2.45, 2.75) is 38.1 Å². The molecule has 102 valence electrons. The first-order chi connectivity index (χ1) is 8.90. The van der Waals surface area contributed by atoms with E-state index in [0.717, 1.165) is 5.39 Å². The molecule has 2 aromatic rings. The van der Waals surface area contributed by atoms with Crippen LogP contribution in [0, 0.1) is 0 Å². The lowest BCUT2D eigenvalue weighted by molar-refractivity contribution is -0.122. The summed E-state index contributed by atoms with van der Waals surface area (Å²) < 4.78 is 5.17. The molecule has 0 aliphatic rings. The zero-order chi connectivity index (χ0) is 14.0. The van der Waals surface area contributed by atoms with Gasteiger partial charge in [0.2, 0.25) is 5.91 Å². The minimum atomic E-state index is -0.460. The van der Waals surface area contributed by atoms with Crippen LogP contribution in [0.3, 0.4) is 0 Å². The molecule has 0 radical (unpaired) electrons. The molecular weight excluding hydrogens is 264 g/mol. The van der Waals surface area contributed by atoms with Gasteiger partial charge < -0.3 is 9.84 Å². The Morgan fingerprint density at radius 2 is 2.16 bits per heavy atom. The van der Waals surface area contributed by atoms with Gasteiger partial charge in [0.05, 0.1) is 17.3 Å². The summed E-state index contributed by atoms with van der Waals surface area (Å²) in [5, 5.41) is 7.56. The second-order valence-corrected chi connectivity index (χ2v) is 5.84. The number of benzene rings is 1. The van der Waals surface area contributed by atoms with Gasteiger partial charge in [0, 0.05) is 5.39 Å². The lowest BCUT2D eigenvalue weighted by Gasteiger charge is -2.28. The molecule has 0 aliphatic carbocycles. The van der Waals surface area contributed by atoms with Crippen molar-refractivity contribution in [3.63, 3.8) is 0 Å². The molecular formula is C14H17ClN2O2. The molecule has 2 rings (SSSR count). The molecule has 4 nitrogen and oxygen atoms in total. The summed E-state index contributed by atoms with van der Waals surface area (Å²) in [4.78, 5) is 12.0. The summed E-state index contributed by atoms with van der Waals surface area (Å²) in [7, 11) is 0. The molecule has 1 heterocycles. The van der Waals surface area contributed by atoms with E-state index in [2.05, 4.69) is 10.5 Å². The molecule has 1 aromatic heterocycles. The first kappa shape index (κ1) is 13.9. The van der Waals surface area contributed by atoms with E-state index in [1.54, 1.807) is 0 Å². The van der Waals surface area contributed by atoms with Crippen LogP contribution in [0.15, 0.2) is 28.8 Å². The first-order valence-corrected chi connectivity index (χ1v) is 6.62. The number of para-hydroxylation sites is 1. The summed E-state index contributed by atoms with van der Waals surface area (Å²) in [6, 6.07) is 7.49. The van der Waals surface area contributed by atoms with Gasteiger partial charge in [-0.25, -0.2) is 0 Å². The fourth-order valence-corrected chi connectivity index (χ4v) is 1.78. The van der Waals surface area contributed by atoms with Crippen molar-refractivity contribution < 1.29 is 9.32 Å². The van der Waals surface area contributed by atoms with Gasteiger partial charge in [-0.3, -0.25) is 4.79 Å². The maximum atomic E-state index is 12.0. The number of nitrogens with zero attached hydrogens (tertiary/aromatic N) is 1. The van der Waals surface area contributed by atoms with Crippen LogP contribution >= 0.6 is 11.6 Å². The lowest BCUT2D eigenvalue weighted by Crippen LogP contribution is -2.49. The third kappa shape index (κ3) is 3.07. The first-order valence-electron chi connectivity index (χ1n) is 6.18. The molecule has 5 heteroatoms. The van der Waals surface area contributed by atoms with Crippen LogP contribution in [0.1, 0.15) is 26.5 Å². The van der Waals surface area contributed by atoms with Crippen LogP contribution in [0.4, 0.5) is 0 Å². The quantitative estimate of drug-likeness (QED) is 0.876. The van der Waals surface area contributed by atoms with E-state index in [-0.39, 0.29) is 17.7 Å². The van der Waals surface area contributed by atoms with Gasteiger partial charge in [-0.1, -0.05) is 17.3 Å². The molecule has 0 aliphatic heterocycles. The highest BCUT2D eigenvalue weighted by atomic mass is 35.5. The fraction of sp³-hybridized carbons (Fsp3) is 0.429. The number of hydrogen-bond acceptors (Lipinski definition) is 3. The number of nitrogens with one attached hydrogen (secondary N) is 1. The van der Waals surface area contributed by atoms with Gasteiger partial charge in [-0.05, 0) is 32.9 Å². The van der Waals surface area contributed by atoms with Gasteiger partial charge in [-0.2, -0.15) is 0 Å². The van der Waals surface area contributed by atoms with Crippen molar-refractivity contribution >= 4 is 28.5 Å². The number of carbonyl (C=O) groups is 1. The van der Waals surface area contributed by atoms with Crippen molar-refractivity contribution in [1.82, 2.24) is 10.5 Å². The number of carbonyl (C=O) groups excluding carboxylic acids is 1. The Kier molecular flexibility index (Phi) is 3.80. The largest absolute Gasteiger partial charge is 0.356 e. The van der Waals surface area contributed by atoms with E-state index in [1.807, 2.05) is 45.0 Å². The fourth-order valence-electron chi connectivity index (χ4n) is 1.72. The van der Waals surface area contributed by atoms with E-state index < -0.39 is 5.54 Å². The van der Waals surface area contributed by atoms with Crippen LogP contribution < -0.4 is 5.32 Å². The highest BCUT2D eigenvalue weighted by molar-refractivity contribution is 6.21. The van der Waals surface area contributed by atoms with Gasteiger partial charge in [0.25, 0.3) is 0 Å². The van der Waals surface area contributed by atoms with Crippen LogP contribution in [-0.4, -0.2) is 22.0 Å². The summed E-state index contributed by atoms with van der Waals surface area (Å²) in [6.45, 7) is 5.64. The molecule has 0 saturated carbocycles. The molecule has 0 saturated heterocycles. The van der Waals surface area contributed by atoms with Crippen molar-refractivity contribution in [1.29, 1.82) is 0 Å². The maximum Gasteiger partial charge on any atom is 0.226 e. The highest BCUT2D eigenvalue weighted by Gasteiger charge is 2.26. The van der Waals surface area contributed by atoms with Gasteiger partial charge in [0.1, 0.15) is 5.69 Å². The Morgan fingerprint density at radius 1 is 1.47 bits per heavy atom. The number of aromatic nitrogens is 1. The Labute approximate surface area is 117 Å². The normalized spacial score (nSPS) is 13.5. The minimum absolute atomic E-state index is 0.114. The number of amides is 1. The predicted molar refractivity (Wildman–Crippen MR) is 75.2 cm³/mol. The van der Waals surface area contributed by atoms with Crippen molar-refractivity contribution in [3.05, 3.63) is 30.0 Å². The summed E-state index contributed by atoms with van der Waals surface area (Å²) >= 11 is 6.04. The van der Waals surface area contributed by atoms with Gasteiger partial charge in [0.15, 0.2) is 5.58 Å². The second kappa shape index (κ2) is 5.21. The Morgan fingerprint density at radius 3 is 2.84 bits per heavy atom.